The molecule has 0 aliphatic heterocycles. The lowest BCUT2D eigenvalue weighted by Crippen LogP contribution is -1.97. The second-order valence-electron chi connectivity index (χ2n) is 4.03. The minimum atomic E-state index is 0.707. The van der Waals surface area contributed by atoms with Gasteiger partial charge < -0.3 is 11.1 Å². The van der Waals surface area contributed by atoms with Gasteiger partial charge in [-0.05, 0) is 59.1 Å². The molecule has 17 heavy (non-hydrogen) atoms. The highest BCUT2D eigenvalue weighted by molar-refractivity contribution is 9.10. The first kappa shape index (κ1) is 11.9. The maximum atomic E-state index is 5.73. The third kappa shape index (κ3) is 2.77. The fourth-order valence-electron chi connectivity index (χ4n) is 1.49. The Hall–Kier alpha value is -1.55. The maximum absolute atomic E-state index is 5.73. The molecule has 0 aliphatic rings. The van der Waals surface area contributed by atoms with Crippen molar-refractivity contribution in [1.29, 1.82) is 0 Å². The molecule has 0 bridgehead atoms. The molecule has 1 aromatic carbocycles. The highest BCUT2D eigenvalue weighted by Gasteiger charge is 2.02. The standard InChI is InChI=1S/C13H14BrN3/c1-8-3-4-12(10(14)5-8)17-13-6-9(2)11(15)7-16-13/h3-7H,15H2,1-2H3,(H,16,17). The van der Waals surface area contributed by atoms with Crippen molar-refractivity contribution < 1.29 is 0 Å². The van der Waals surface area contributed by atoms with Crippen LogP contribution in [0, 0.1) is 13.8 Å². The Bertz CT molecular complexity index is 552. The molecule has 4 heteroatoms. The molecule has 3 N–H and O–H groups in total. The molecule has 0 atom stereocenters. The predicted molar refractivity (Wildman–Crippen MR) is 75.5 cm³/mol. The van der Waals surface area contributed by atoms with E-state index in [4.69, 9.17) is 5.73 Å². The lowest BCUT2D eigenvalue weighted by atomic mass is 10.2. The van der Waals surface area contributed by atoms with E-state index in [1.807, 2.05) is 19.1 Å². The van der Waals surface area contributed by atoms with E-state index in [0.29, 0.717) is 5.69 Å². The number of anilines is 3. The summed E-state index contributed by atoms with van der Waals surface area (Å²) in [5.41, 5.74) is 9.66. The van der Waals surface area contributed by atoms with E-state index in [2.05, 4.69) is 45.3 Å². The van der Waals surface area contributed by atoms with Gasteiger partial charge in [-0.2, -0.15) is 0 Å². The van der Waals surface area contributed by atoms with E-state index < -0.39 is 0 Å². The van der Waals surface area contributed by atoms with Gasteiger partial charge in [-0.1, -0.05) is 6.07 Å². The van der Waals surface area contributed by atoms with Crippen molar-refractivity contribution in [1.82, 2.24) is 4.98 Å². The zero-order chi connectivity index (χ0) is 12.4. The van der Waals surface area contributed by atoms with Crippen LogP contribution in [0.15, 0.2) is 34.9 Å². The molecule has 0 amide bonds. The Balaban J connectivity index is 2.28. The summed E-state index contributed by atoms with van der Waals surface area (Å²) >= 11 is 3.52. The molecular formula is C13H14BrN3. The van der Waals surface area contributed by atoms with Gasteiger partial charge in [-0.15, -0.1) is 0 Å². The molecule has 1 aromatic heterocycles. The molecule has 0 saturated heterocycles. The van der Waals surface area contributed by atoms with Gasteiger partial charge >= 0.3 is 0 Å². The van der Waals surface area contributed by atoms with E-state index in [1.165, 1.54) is 5.56 Å². The van der Waals surface area contributed by atoms with Crippen LogP contribution in [0.2, 0.25) is 0 Å². The summed E-state index contributed by atoms with van der Waals surface area (Å²) in [5.74, 6) is 0.793. The molecule has 0 fully saturated rings. The van der Waals surface area contributed by atoms with Crippen molar-refractivity contribution in [2.45, 2.75) is 13.8 Å². The van der Waals surface area contributed by atoms with Crippen molar-refractivity contribution in [3.8, 4) is 0 Å². The maximum Gasteiger partial charge on any atom is 0.130 e. The summed E-state index contributed by atoms with van der Waals surface area (Å²) in [5, 5.41) is 3.25. The second kappa shape index (κ2) is 4.75. The quantitative estimate of drug-likeness (QED) is 0.885. The van der Waals surface area contributed by atoms with Crippen molar-refractivity contribution in [2.24, 2.45) is 0 Å². The Labute approximate surface area is 109 Å². The number of hydrogen-bond acceptors (Lipinski definition) is 3. The Morgan fingerprint density at radius 2 is 2.00 bits per heavy atom. The fourth-order valence-corrected chi connectivity index (χ4v) is 2.09. The largest absolute Gasteiger partial charge is 0.397 e. The first-order valence-electron chi connectivity index (χ1n) is 5.31. The number of halogens is 1. The zero-order valence-electron chi connectivity index (χ0n) is 9.79. The van der Waals surface area contributed by atoms with Crippen LogP contribution in [0.1, 0.15) is 11.1 Å². The van der Waals surface area contributed by atoms with Crippen LogP contribution in [0.3, 0.4) is 0 Å². The molecule has 0 spiro atoms. The third-order valence-electron chi connectivity index (χ3n) is 2.54. The van der Waals surface area contributed by atoms with Crippen molar-refractivity contribution >= 4 is 33.1 Å². The van der Waals surface area contributed by atoms with Gasteiger partial charge in [0.25, 0.3) is 0 Å². The number of pyridine rings is 1. The monoisotopic (exact) mass is 291 g/mol. The zero-order valence-corrected chi connectivity index (χ0v) is 11.4. The van der Waals surface area contributed by atoms with Gasteiger partial charge in [0.1, 0.15) is 5.82 Å². The topological polar surface area (TPSA) is 50.9 Å². The third-order valence-corrected chi connectivity index (χ3v) is 3.19. The van der Waals surface area contributed by atoms with Crippen LogP contribution >= 0.6 is 15.9 Å². The molecule has 2 rings (SSSR count). The van der Waals surface area contributed by atoms with Crippen LogP contribution in [0.4, 0.5) is 17.2 Å². The Morgan fingerprint density at radius 1 is 1.24 bits per heavy atom. The molecule has 88 valence electrons. The average molecular weight is 292 g/mol. The molecular weight excluding hydrogens is 278 g/mol. The van der Waals surface area contributed by atoms with Gasteiger partial charge in [0.2, 0.25) is 0 Å². The molecule has 0 radical (unpaired) electrons. The molecule has 0 aliphatic carbocycles. The summed E-state index contributed by atoms with van der Waals surface area (Å²) in [6, 6.07) is 8.07. The van der Waals surface area contributed by atoms with Gasteiger partial charge in [0, 0.05) is 4.47 Å². The molecule has 1 heterocycles. The molecule has 3 nitrogen and oxygen atoms in total. The number of nitrogens with two attached hydrogens (primary N) is 1. The molecule has 0 unspecified atom stereocenters. The number of nitrogens with zero attached hydrogens (tertiary/aromatic N) is 1. The average Bonchev–Trinajstić information content (AvgIpc) is 2.27. The van der Waals surface area contributed by atoms with Crippen molar-refractivity contribution in [3.05, 3.63) is 46.1 Å². The number of nitrogen functional groups attached to an aromatic ring is 1. The predicted octanol–water partition coefficient (Wildman–Crippen LogP) is 3.79. The lowest BCUT2D eigenvalue weighted by molar-refractivity contribution is 1.27. The SMILES string of the molecule is Cc1ccc(Nc2cc(C)c(N)cn2)c(Br)c1. The summed E-state index contributed by atoms with van der Waals surface area (Å²) in [7, 11) is 0. The van der Waals surface area contributed by atoms with Crippen LogP contribution in [0.25, 0.3) is 0 Å². The van der Waals surface area contributed by atoms with Crippen molar-refractivity contribution in [2.75, 3.05) is 11.1 Å². The normalized spacial score (nSPS) is 10.3. The minimum Gasteiger partial charge on any atom is -0.397 e. The number of aryl methyl sites for hydroxylation is 2. The van der Waals surface area contributed by atoms with Crippen LogP contribution in [-0.4, -0.2) is 4.98 Å². The second-order valence-corrected chi connectivity index (χ2v) is 4.89. The highest BCUT2D eigenvalue weighted by atomic mass is 79.9. The summed E-state index contributed by atoms with van der Waals surface area (Å²) in [6.45, 7) is 4.02. The number of hydrogen-bond donors (Lipinski definition) is 2. The Kier molecular flexibility index (Phi) is 3.33. The molecule has 2 aromatic rings. The van der Waals surface area contributed by atoms with Gasteiger partial charge in [0.05, 0.1) is 17.6 Å². The summed E-state index contributed by atoms with van der Waals surface area (Å²) < 4.78 is 1.02. The lowest BCUT2D eigenvalue weighted by Gasteiger charge is -2.09. The number of benzene rings is 1. The van der Waals surface area contributed by atoms with E-state index >= 15 is 0 Å². The summed E-state index contributed by atoms with van der Waals surface area (Å²) in [6.07, 6.45) is 1.67. The fraction of sp³-hybridized carbons (Fsp3) is 0.154. The number of aromatic nitrogens is 1. The minimum absolute atomic E-state index is 0.707. The smallest absolute Gasteiger partial charge is 0.130 e. The first-order chi connectivity index (χ1) is 8.06. The van der Waals surface area contributed by atoms with Crippen LogP contribution in [-0.2, 0) is 0 Å². The van der Waals surface area contributed by atoms with E-state index in [-0.39, 0.29) is 0 Å². The van der Waals surface area contributed by atoms with E-state index in [0.717, 1.165) is 21.5 Å². The number of rotatable bonds is 2. The van der Waals surface area contributed by atoms with Crippen LogP contribution < -0.4 is 11.1 Å². The van der Waals surface area contributed by atoms with Gasteiger partial charge in [-0.25, -0.2) is 4.98 Å². The highest BCUT2D eigenvalue weighted by Crippen LogP contribution is 2.26. The van der Waals surface area contributed by atoms with E-state index in [9.17, 15) is 0 Å². The van der Waals surface area contributed by atoms with Crippen molar-refractivity contribution in [3.63, 3.8) is 0 Å². The summed E-state index contributed by atoms with van der Waals surface area (Å²) in [4.78, 5) is 4.24. The van der Waals surface area contributed by atoms with Gasteiger partial charge in [0.15, 0.2) is 0 Å². The Morgan fingerprint density at radius 3 is 2.65 bits per heavy atom. The first-order valence-corrected chi connectivity index (χ1v) is 6.11. The molecule has 0 saturated carbocycles. The number of nitrogens with one attached hydrogen (secondary N) is 1. The van der Waals surface area contributed by atoms with Gasteiger partial charge in [-0.3, -0.25) is 0 Å². The van der Waals surface area contributed by atoms with Crippen LogP contribution in [0.5, 0.6) is 0 Å². The van der Waals surface area contributed by atoms with E-state index in [1.54, 1.807) is 6.20 Å².